The fourth-order valence-corrected chi connectivity index (χ4v) is 4.32. The van der Waals surface area contributed by atoms with Gasteiger partial charge in [-0.25, -0.2) is 13.2 Å². The van der Waals surface area contributed by atoms with Crippen molar-refractivity contribution in [2.24, 2.45) is 0 Å². The Morgan fingerprint density at radius 3 is 2.25 bits per heavy atom. The van der Waals surface area contributed by atoms with E-state index in [-0.39, 0.29) is 25.6 Å². The van der Waals surface area contributed by atoms with Crippen LogP contribution in [0.5, 0.6) is 5.75 Å². The van der Waals surface area contributed by atoms with Gasteiger partial charge < -0.3 is 14.4 Å². The maximum atomic E-state index is 12.5. The largest absolute Gasteiger partial charge is 0.484 e. The summed E-state index contributed by atoms with van der Waals surface area (Å²) in [7, 11) is -3.56. The lowest BCUT2D eigenvalue weighted by atomic mass is 10.2. The van der Waals surface area contributed by atoms with E-state index in [1.165, 1.54) is 9.71 Å². The lowest BCUT2D eigenvalue weighted by molar-refractivity contribution is -0.134. The molecule has 1 fully saturated rings. The number of carbonyl (C=O) groups excluding carboxylic acids is 2. The maximum absolute atomic E-state index is 12.5. The third kappa shape index (κ3) is 6.41. The molecular formula is C23H26N2O6S. The zero-order valence-electron chi connectivity index (χ0n) is 17.8. The normalized spacial score (nSPS) is 15.0. The molecule has 8 nitrogen and oxygen atoms in total. The Bertz CT molecular complexity index is 1040. The van der Waals surface area contributed by atoms with Crippen molar-refractivity contribution in [2.75, 3.05) is 39.4 Å². The Balaban J connectivity index is 1.47. The second-order valence-corrected chi connectivity index (χ2v) is 8.89. The van der Waals surface area contributed by atoms with Crippen LogP contribution < -0.4 is 4.74 Å². The van der Waals surface area contributed by atoms with E-state index in [2.05, 4.69) is 0 Å². The molecule has 1 aliphatic heterocycles. The number of carbonyl (C=O) groups is 2. The van der Waals surface area contributed by atoms with Crippen molar-refractivity contribution in [3.8, 4) is 5.75 Å². The Morgan fingerprint density at radius 1 is 0.969 bits per heavy atom. The van der Waals surface area contributed by atoms with Crippen molar-refractivity contribution < 1.29 is 27.5 Å². The zero-order valence-corrected chi connectivity index (χ0v) is 18.7. The fourth-order valence-electron chi connectivity index (χ4n) is 3.14. The lowest BCUT2D eigenvalue weighted by Crippen LogP contribution is -2.51. The van der Waals surface area contributed by atoms with Crippen molar-refractivity contribution in [2.45, 2.75) is 6.92 Å². The van der Waals surface area contributed by atoms with E-state index in [0.29, 0.717) is 31.0 Å². The van der Waals surface area contributed by atoms with Gasteiger partial charge in [-0.3, -0.25) is 4.79 Å². The lowest BCUT2D eigenvalue weighted by Gasteiger charge is -2.33. The average Bonchev–Trinajstić information content (AvgIpc) is 2.82. The van der Waals surface area contributed by atoms with Gasteiger partial charge in [0.2, 0.25) is 10.0 Å². The van der Waals surface area contributed by atoms with Gasteiger partial charge in [0.15, 0.2) is 6.61 Å². The number of sulfonamides is 1. The molecule has 2 aromatic rings. The second-order valence-electron chi connectivity index (χ2n) is 7.07. The SMILES string of the molecule is CCOC(=O)c1ccc(OCC(=O)N2CCN(S(=O)(=O)/C=C/c3ccccc3)CC2)cc1. The van der Waals surface area contributed by atoms with Crippen molar-refractivity contribution in [3.05, 3.63) is 71.1 Å². The first kappa shape index (κ1) is 23.5. The van der Waals surface area contributed by atoms with Gasteiger partial charge in [0, 0.05) is 31.6 Å². The first-order valence-corrected chi connectivity index (χ1v) is 11.8. The molecule has 9 heteroatoms. The number of benzene rings is 2. The zero-order chi connectivity index (χ0) is 23.0. The van der Waals surface area contributed by atoms with E-state index in [4.69, 9.17) is 9.47 Å². The molecule has 0 N–H and O–H groups in total. The summed E-state index contributed by atoms with van der Waals surface area (Å²) in [4.78, 5) is 25.7. The Labute approximate surface area is 188 Å². The highest BCUT2D eigenvalue weighted by Gasteiger charge is 2.27. The molecule has 0 radical (unpaired) electrons. The number of hydrogen-bond donors (Lipinski definition) is 0. The number of hydrogen-bond acceptors (Lipinski definition) is 6. The number of nitrogens with zero attached hydrogens (tertiary/aromatic N) is 2. The molecule has 0 saturated carbocycles. The van der Waals surface area contributed by atoms with Gasteiger partial charge in [-0.1, -0.05) is 30.3 Å². The van der Waals surface area contributed by atoms with Crippen LogP contribution in [0, 0.1) is 0 Å². The third-order valence-electron chi connectivity index (χ3n) is 4.91. The first-order valence-electron chi connectivity index (χ1n) is 10.3. The minimum Gasteiger partial charge on any atom is -0.484 e. The van der Waals surface area contributed by atoms with Gasteiger partial charge in [0.05, 0.1) is 12.2 Å². The predicted molar refractivity (Wildman–Crippen MR) is 120 cm³/mol. The molecule has 32 heavy (non-hydrogen) atoms. The summed E-state index contributed by atoms with van der Waals surface area (Å²) in [5, 5.41) is 1.20. The number of esters is 1. The standard InChI is InChI=1S/C23H26N2O6S/c1-2-30-23(27)20-8-10-21(11-9-20)31-18-22(26)24-13-15-25(16-14-24)32(28,29)17-12-19-6-4-3-5-7-19/h3-12,17H,2,13-16,18H2,1H3/b17-12+. The quantitative estimate of drug-likeness (QED) is 0.564. The van der Waals surface area contributed by atoms with Crippen LogP contribution in [0.4, 0.5) is 0 Å². The van der Waals surface area contributed by atoms with Gasteiger partial charge in [-0.2, -0.15) is 4.31 Å². The monoisotopic (exact) mass is 458 g/mol. The van der Waals surface area contributed by atoms with Gasteiger partial charge >= 0.3 is 5.97 Å². The van der Waals surface area contributed by atoms with Gasteiger partial charge in [0.25, 0.3) is 5.91 Å². The summed E-state index contributed by atoms with van der Waals surface area (Å²) in [6.07, 6.45) is 1.56. The molecule has 1 amide bonds. The molecule has 0 aliphatic carbocycles. The van der Waals surface area contributed by atoms with E-state index >= 15 is 0 Å². The molecule has 1 saturated heterocycles. The van der Waals surface area contributed by atoms with Crippen molar-refractivity contribution in [3.63, 3.8) is 0 Å². The first-order chi connectivity index (χ1) is 15.4. The molecule has 0 atom stereocenters. The molecule has 0 unspecified atom stereocenters. The molecule has 170 valence electrons. The molecular weight excluding hydrogens is 432 g/mol. The average molecular weight is 459 g/mol. The van der Waals surface area contributed by atoms with Crippen LogP contribution in [-0.4, -0.2) is 68.9 Å². The maximum Gasteiger partial charge on any atom is 0.338 e. The summed E-state index contributed by atoms with van der Waals surface area (Å²) >= 11 is 0. The molecule has 0 spiro atoms. The summed E-state index contributed by atoms with van der Waals surface area (Å²) in [6, 6.07) is 15.5. The summed E-state index contributed by atoms with van der Waals surface area (Å²) < 4.78 is 36.9. The molecule has 3 rings (SSSR count). The van der Waals surface area contributed by atoms with E-state index in [1.807, 2.05) is 30.3 Å². The summed E-state index contributed by atoms with van der Waals surface area (Å²) in [5.74, 6) is -0.184. The van der Waals surface area contributed by atoms with E-state index in [9.17, 15) is 18.0 Å². The van der Waals surface area contributed by atoms with Crippen molar-refractivity contribution in [1.29, 1.82) is 0 Å². The van der Waals surface area contributed by atoms with Crippen LogP contribution in [0.3, 0.4) is 0 Å². The van der Waals surface area contributed by atoms with Gasteiger partial charge in [-0.05, 0) is 42.8 Å². The molecule has 1 heterocycles. The Morgan fingerprint density at radius 2 is 1.62 bits per heavy atom. The van der Waals surface area contributed by atoms with Crippen LogP contribution >= 0.6 is 0 Å². The van der Waals surface area contributed by atoms with E-state index < -0.39 is 16.0 Å². The van der Waals surface area contributed by atoms with Crippen LogP contribution in [0.15, 0.2) is 60.0 Å². The predicted octanol–water partition coefficient (Wildman–Crippen LogP) is 2.39. The smallest absolute Gasteiger partial charge is 0.338 e. The second kappa shape index (κ2) is 10.9. The minimum absolute atomic E-state index is 0.167. The van der Waals surface area contributed by atoms with Crippen LogP contribution in [0.2, 0.25) is 0 Å². The third-order valence-corrected chi connectivity index (χ3v) is 6.48. The molecule has 0 bridgehead atoms. The Kier molecular flexibility index (Phi) is 8.02. The van der Waals surface area contributed by atoms with E-state index in [0.717, 1.165) is 5.56 Å². The van der Waals surface area contributed by atoms with Gasteiger partial charge in [-0.15, -0.1) is 0 Å². The summed E-state index contributed by atoms with van der Waals surface area (Å²) in [5.41, 5.74) is 1.21. The minimum atomic E-state index is -3.56. The molecule has 1 aliphatic rings. The molecule has 0 aromatic heterocycles. The topological polar surface area (TPSA) is 93.2 Å². The van der Waals surface area contributed by atoms with Crippen LogP contribution in [-0.2, 0) is 19.6 Å². The highest BCUT2D eigenvalue weighted by atomic mass is 32.2. The van der Waals surface area contributed by atoms with E-state index in [1.54, 1.807) is 42.2 Å². The van der Waals surface area contributed by atoms with Crippen LogP contribution in [0.25, 0.3) is 6.08 Å². The highest BCUT2D eigenvalue weighted by Crippen LogP contribution is 2.15. The van der Waals surface area contributed by atoms with Crippen molar-refractivity contribution in [1.82, 2.24) is 9.21 Å². The number of piperazine rings is 1. The highest BCUT2D eigenvalue weighted by molar-refractivity contribution is 7.92. The number of rotatable bonds is 8. The van der Waals surface area contributed by atoms with Crippen molar-refractivity contribution >= 4 is 28.0 Å². The fraction of sp³-hybridized carbons (Fsp3) is 0.304. The van der Waals surface area contributed by atoms with Crippen LogP contribution in [0.1, 0.15) is 22.8 Å². The Hall–Kier alpha value is -3.17. The molecule has 2 aromatic carbocycles. The number of amides is 1. The summed E-state index contributed by atoms with van der Waals surface area (Å²) in [6.45, 7) is 2.90. The number of ether oxygens (including phenoxy) is 2. The van der Waals surface area contributed by atoms with Gasteiger partial charge in [0.1, 0.15) is 5.75 Å².